The summed E-state index contributed by atoms with van der Waals surface area (Å²) in [4.78, 5) is 10.5. The molecular formula is C10H14N2O2. The summed E-state index contributed by atoms with van der Waals surface area (Å²) in [5.74, 6) is -0.972. The van der Waals surface area contributed by atoms with Crippen molar-refractivity contribution in [2.24, 2.45) is 5.73 Å². The van der Waals surface area contributed by atoms with Crippen LogP contribution in [0.25, 0.3) is 0 Å². The average Bonchev–Trinajstić information content (AvgIpc) is 2.18. The Morgan fingerprint density at radius 2 is 2.36 bits per heavy atom. The minimum Gasteiger partial charge on any atom is -0.480 e. The number of nitrogens with one attached hydrogen (secondary N) is 1. The van der Waals surface area contributed by atoms with Crippen LogP contribution < -0.4 is 11.1 Å². The van der Waals surface area contributed by atoms with Crippen LogP contribution in [0.15, 0.2) is 24.3 Å². The third-order valence-electron chi connectivity index (χ3n) is 1.99. The number of hydrogen-bond acceptors (Lipinski definition) is 3. The SMILES string of the molecule is CNc1cccc(CC(N)C(=O)O)c1. The molecule has 0 saturated carbocycles. The van der Waals surface area contributed by atoms with Crippen LogP contribution in [0.5, 0.6) is 0 Å². The summed E-state index contributed by atoms with van der Waals surface area (Å²) >= 11 is 0. The Morgan fingerprint density at radius 3 is 2.93 bits per heavy atom. The molecule has 1 rings (SSSR count). The molecule has 1 aromatic carbocycles. The van der Waals surface area contributed by atoms with E-state index in [1.807, 2.05) is 31.3 Å². The zero-order valence-electron chi connectivity index (χ0n) is 8.03. The van der Waals surface area contributed by atoms with Crippen LogP contribution in [0.4, 0.5) is 5.69 Å². The van der Waals surface area contributed by atoms with E-state index < -0.39 is 12.0 Å². The van der Waals surface area contributed by atoms with Gasteiger partial charge in [-0.05, 0) is 24.1 Å². The first-order chi connectivity index (χ1) is 6.63. The zero-order valence-corrected chi connectivity index (χ0v) is 8.03. The maximum atomic E-state index is 10.5. The second-order valence-corrected chi connectivity index (χ2v) is 3.10. The lowest BCUT2D eigenvalue weighted by atomic mass is 10.1. The average molecular weight is 194 g/mol. The Morgan fingerprint density at radius 1 is 1.64 bits per heavy atom. The van der Waals surface area contributed by atoms with Crippen LogP contribution >= 0.6 is 0 Å². The molecule has 1 atom stereocenters. The molecule has 14 heavy (non-hydrogen) atoms. The van der Waals surface area contributed by atoms with Crippen molar-refractivity contribution in [2.75, 3.05) is 12.4 Å². The summed E-state index contributed by atoms with van der Waals surface area (Å²) < 4.78 is 0. The van der Waals surface area contributed by atoms with Crippen molar-refractivity contribution in [3.63, 3.8) is 0 Å². The summed E-state index contributed by atoms with van der Waals surface area (Å²) in [6.07, 6.45) is 0.352. The summed E-state index contributed by atoms with van der Waals surface area (Å²) in [5.41, 5.74) is 7.30. The van der Waals surface area contributed by atoms with Crippen LogP contribution in [0.3, 0.4) is 0 Å². The number of carbonyl (C=O) groups is 1. The number of nitrogens with two attached hydrogens (primary N) is 1. The molecule has 1 aromatic rings. The predicted molar refractivity (Wildman–Crippen MR) is 55.3 cm³/mol. The lowest BCUT2D eigenvalue weighted by Crippen LogP contribution is -2.32. The molecule has 0 heterocycles. The fourth-order valence-corrected chi connectivity index (χ4v) is 1.20. The molecule has 0 radical (unpaired) electrons. The van der Waals surface area contributed by atoms with E-state index in [1.165, 1.54) is 0 Å². The van der Waals surface area contributed by atoms with E-state index >= 15 is 0 Å². The number of carboxylic acids is 1. The van der Waals surface area contributed by atoms with Crippen LogP contribution in [0.1, 0.15) is 5.56 Å². The topological polar surface area (TPSA) is 75.3 Å². The van der Waals surface area contributed by atoms with Crippen molar-refractivity contribution in [1.82, 2.24) is 0 Å². The van der Waals surface area contributed by atoms with Gasteiger partial charge in [0.1, 0.15) is 6.04 Å². The van der Waals surface area contributed by atoms with Gasteiger partial charge in [-0.25, -0.2) is 0 Å². The van der Waals surface area contributed by atoms with Gasteiger partial charge in [0, 0.05) is 12.7 Å². The number of rotatable bonds is 4. The molecule has 1 unspecified atom stereocenters. The fraction of sp³-hybridized carbons (Fsp3) is 0.300. The van der Waals surface area contributed by atoms with Crippen molar-refractivity contribution in [3.8, 4) is 0 Å². The summed E-state index contributed by atoms with van der Waals surface area (Å²) in [7, 11) is 1.82. The lowest BCUT2D eigenvalue weighted by molar-refractivity contribution is -0.138. The molecule has 0 saturated heterocycles. The van der Waals surface area contributed by atoms with E-state index in [-0.39, 0.29) is 0 Å². The van der Waals surface area contributed by atoms with E-state index in [4.69, 9.17) is 10.8 Å². The molecule has 4 N–H and O–H groups in total. The van der Waals surface area contributed by atoms with Gasteiger partial charge in [-0.2, -0.15) is 0 Å². The third kappa shape index (κ3) is 2.74. The molecule has 0 aliphatic carbocycles. The van der Waals surface area contributed by atoms with Crippen molar-refractivity contribution in [3.05, 3.63) is 29.8 Å². The number of anilines is 1. The van der Waals surface area contributed by atoms with Crippen molar-refractivity contribution >= 4 is 11.7 Å². The molecule has 0 bridgehead atoms. The maximum Gasteiger partial charge on any atom is 0.320 e. The number of hydrogen-bond donors (Lipinski definition) is 3. The highest BCUT2D eigenvalue weighted by atomic mass is 16.4. The van der Waals surface area contributed by atoms with Crippen LogP contribution in [0, 0.1) is 0 Å². The predicted octanol–water partition coefficient (Wildman–Crippen LogP) is 0.683. The first kappa shape index (κ1) is 10.5. The first-order valence-corrected chi connectivity index (χ1v) is 4.38. The van der Waals surface area contributed by atoms with Crippen LogP contribution in [0.2, 0.25) is 0 Å². The van der Waals surface area contributed by atoms with E-state index in [2.05, 4.69) is 5.32 Å². The smallest absolute Gasteiger partial charge is 0.320 e. The van der Waals surface area contributed by atoms with Crippen molar-refractivity contribution in [1.29, 1.82) is 0 Å². The first-order valence-electron chi connectivity index (χ1n) is 4.38. The van der Waals surface area contributed by atoms with E-state index in [9.17, 15) is 4.79 Å². The fourth-order valence-electron chi connectivity index (χ4n) is 1.20. The lowest BCUT2D eigenvalue weighted by Gasteiger charge is -2.07. The molecule has 0 aliphatic rings. The second kappa shape index (κ2) is 4.62. The van der Waals surface area contributed by atoms with Crippen LogP contribution in [-0.2, 0) is 11.2 Å². The summed E-state index contributed by atoms with van der Waals surface area (Å²) in [5, 5.41) is 11.6. The summed E-state index contributed by atoms with van der Waals surface area (Å²) in [6, 6.07) is 6.71. The van der Waals surface area contributed by atoms with Gasteiger partial charge in [0.25, 0.3) is 0 Å². The maximum absolute atomic E-state index is 10.5. The van der Waals surface area contributed by atoms with Gasteiger partial charge in [-0.3, -0.25) is 4.79 Å². The van der Waals surface area contributed by atoms with Gasteiger partial charge >= 0.3 is 5.97 Å². The number of benzene rings is 1. The Labute approximate surface area is 82.7 Å². The Kier molecular flexibility index (Phi) is 3.48. The van der Waals surface area contributed by atoms with Gasteiger partial charge in [0.05, 0.1) is 0 Å². The Bertz CT molecular complexity index is 326. The van der Waals surface area contributed by atoms with Gasteiger partial charge in [0.2, 0.25) is 0 Å². The van der Waals surface area contributed by atoms with Gasteiger partial charge < -0.3 is 16.2 Å². The van der Waals surface area contributed by atoms with Gasteiger partial charge in [-0.1, -0.05) is 12.1 Å². The van der Waals surface area contributed by atoms with Crippen molar-refractivity contribution in [2.45, 2.75) is 12.5 Å². The van der Waals surface area contributed by atoms with E-state index in [1.54, 1.807) is 0 Å². The Balaban J connectivity index is 2.71. The molecule has 0 aliphatic heterocycles. The largest absolute Gasteiger partial charge is 0.480 e. The highest BCUT2D eigenvalue weighted by molar-refractivity contribution is 5.73. The molecule has 0 amide bonds. The summed E-state index contributed by atoms with van der Waals surface area (Å²) in [6.45, 7) is 0. The number of carboxylic acid groups (broad SMARTS) is 1. The molecule has 4 nitrogen and oxygen atoms in total. The minimum absolute atomic E-state index is 0.352. The quantitative estimate of drug-likeness (QED) is 0.659. The second-order valence-electron chi connectivity index (χ2n) is 3.10. The highest BCUT2D eigenvalue weighted by Crippen LogP contribution is 2.10. The number of aliphatic carboxylic acids is 1. The van der Waals surface area contributed by atoms with Gasteiger partial charge in [0.15, 0.2) is 0 Å². The Hall–Kier alpha value is -1.55. The van der Waals surface area contributed by atoms with E-state index in [0.717, 1.165) is 11.3 Å². The van der Waals surface area contributed by atoms with E-state index in [0.29, 0.717) is 6.42 Å². The molecule has 0 fully saturated rings. The molecular weight excluding hydrogens is 180 g/mol. The molecule has 4 heteroatoms. The minimum atomic E-state index is -0.972. The molecule has 0 aromatic heterocycles. The zero-order chi connectivity index (χ0) is 10.6. The standard InChI is InChI=1S/C10H14N2O2/c1-12-8-4-2-3-7(5-8)6-9(11)10(13)14/h2-5,9,12H,6,11H2,1H3,(H,13,14). The van der Waals surface area contributed by atoms with Crippen molar-refractivity contribution < 1.29 is 9.90 Å². The monoisotopic (exact) mass is 194 g/mol. The van der Waals surface area contributed by atoms with Gasteiger partial charge in [-0.15, -0.1) is 0 Å². The third-order valence-corrected chi connectivity index (χ3v) is 1.99. The molecule has 76 valence electrons. The van der Waals surface area contributed by atoms with Crippen LogP contribution in [-0.4, -0.2) is 24.2 Å². The normalized spacial score (nSPS) is 12.1. The highest BCUT2D eigenvalue weighted by Gasteiger charge is 2.11. The molecule has 0 spiro atoms.